The average Bonchev–Trinajstić information content (AvgIpc) is 3.09. The number of halogens is 1. The van der Waals surface area contributed by atoms with Crippen molar-refractivity contribution in [3.05, 3.63) is 34.8 Å². The third-order valence-electron chi connectivity index (χ3n) is 4.80. The van der Waals surface area contributed by atoms with Crippen molar-refractivity contribution in [1.82, 2.24) is 29.9 Å². The number of hydrogen-bond acceptors (Lipinski definition) is 8. The molecule has 1 aliphatic heterocycles. The Morgan fingerprint density at radius 1 is 1.17 bits per heavy atom. The first kappa shape index (κ1) is 18.7. The zero-order chi connectivity index (χ0) is 19.8. The molecule has 5 heterocycles. The maximum atomic E-state index is 5.53. The van der Waals surface area contributed by atoms with E-state index in [-0.39, 0.29) is 0 Å². The highest BCUT2D eigenvalue weighted by Crippen LogP contribution is 2.37. The van der Waals surface area contributed by atoms with Gasteiger partial charge in [0, 0.05) is 42.3 Å². The van der Waals surface area contributed by atoms with E-state index in [1.54, 1.807) is 18.6 Å². The van der Waals surface area contributed by atoms with E-state index in [0.29, 0.717) is 24.0 Å². The van der Waals surface area contributed by atoms with Gasteiger partial charge in [0.15, 0.2) is 10.8 Å². The third-order valence-corrected chi connectivity index (χ3v) is 6.49. The summed E-state index contributed by atoms with van der Waals surface area (Å²) >= 11 is 5.22. The first-order valence-electron chi connectivity index (χ1n) is 9.38. The summed E-state index contributed by atoms with van der Waals surface area (Å²) in [6.45, 7) is 5.13. The maximum absolute atomic E-state index is 5.53. The minimum absolute atomic E-state index is 0.628. The smallest absolute Gasteiger partial charge is 0.196 e. The van der Waals surface area contributed by atoms with Crippen LogP contribution in [0.5, 0.6) is 0 Å². The molecule has 0 amide bonds. The molecule has 0 atom stereocenters. The molecule has 0 saturated carbocycles. The van der Waals surface area contributed by atoms with Crippen molar-refractivity contribution < 1.29 is 4.74 Å². The standard InChI is InChI=1S/C19H18BrN7OS/c1-2-12-15(20)14-17(24-12)25-19(26-18(14)27-5-7-28-8-6-27)29-11-9-13-16(23-10-11)22-4-3-21-13/h3-4,9-10H,2,5-8H2,1H3,(H,24,25,26). The van der Waals surface area contributed by atoms with Crippen molar-refractivity contribution in [2.45, 2.75) is 23.4 Å². The Kier molecular flexibility index (Phi) is 5.06. The van der Waals surface area contributed by atoms with Gasteiger partial charge in [0.25, 0.3) is 0 Å². The van der Waals surface area contributed by atoms with Crippen molar-refractivity contribution in [3.8, 4) is 0 Å². The van der Waals surface area contributed by atoms with Gasteiger partial charge < -0.3 is 14.6 Å². The Morgan fingerprint density at radius 2 is 2.00 bits per heavy atom. The van der Waals surface area contributed by atoms with E-state index in [0.717, 1.165) is 56.9 Å². The van der Waals surface area contributed by atoms with Gasteiger partial charge >= 0.3 is 0 Å². The molecule has 0 aliphatic carbocycles. The number of aromatic amines is 1. The summed E-state index contributed by atoms with van der Waals surface area (Å²) in [5, 5.41) is 1.69. The summed E-state index contributed by atoms with van der Waals surface area (Å²) in [6.07, 6.45) is 5.98. The lowest BCUT2D eigenvalue weighted by molar-refractivity contribution is 0.122. The number of morpholine rings is 1. The Balaban J connectivity index is 1.59. The number of H-pyrrole nitrogens is 1. The summed E-state index contributed by atoms with van der Waals surface area (Å²) in [6, 6.07) is 1.96. The van der Waals surface area contributed by atoms with Gasteiger partial charge in [0.1, 0.15) is 17.0 Å². The van der Waals surface area contributed by atoms with Gasteiger partial charge in [-0.05, 0) is 40.2 Å². The van der Waals surface area contributed by atoms with Gasteiger partial charge in [-0.25, -0.2) is 19.9 Å². The Labute approximate surface area is 179 Å². The molecule has 8 nitrogen and oxygen atoms in total. The molecule has 0 bridgehead atoms. The lowest BCUT2D eigenvalue weighted by Gasteiger charge is -2.28. The summed E-state index contributed by atoms with van der Waals surface area (Å²) < 4.78 is 6.56. The van der Waals surface area contributed by atoms with Crippen LogP contribution < -0.4 is 4.90 Å². The summed E-state index contributed by atoms with van der Waals surface area (Å²) in [5.41, 5.74) is 3.33. The van der Waals surface area contributed by atoms with E-state index in [1.807, 2.05) is 6.07 Å². The number of pyridine rings is 1. The molecule has 10 heteroatoms. The van der Waals surface area contributed by atoms with E-state index in [1.165, 1.54) is 11.8 Å². The number of aryl methyl sites for hydroxylation is 1. The Morgan fingerprint density at radius 3 is 2.83 bits per heavy atom. The lowest BCUT2D eigenvalue weighted by atomic mass is 10.3. The molecule has 1 saturated heterocycles. The van der Waals surface area contributed by atoms with Crippen LogP contribution in [-0.2, 0) is 11.2 Å². The van der Waals surface area contributed by atoms with E-state index < -0.39 is 0 Å². The molecule has 1 N–H and O–H groups in total. The van der Waals surface area contributed by atoms with Crippen molar-refractivity contribution in [2.75, 3.05) is 31.2 Å². The minimum Gasteiger partial charge on any atom is -0.378 e. The number of anilines is 1. The Bertz CT molecular complexity index is 1190. The molecule has 0 spiro atoms. The quantitative estimate of drug-likeness (QED) is 0.451. The fourth-order valence-electron chi connectivity index (χ4n) is 3.36. The van der Waals surface area contributed by atoms with Gasteiger partial charge in [-0.2, -0.15) is 0 Å². The van der Waals surface area contributed by atoms with Crippen molar-refractivity contribution in [3.63, 3.8) is 0 Å². The number of rotatable bonds is 4. The van der Waals surface area contributed by atoms with Crippen LogP contribution >= 0.6 is 27.7 Å². The van der Waals surface area contributed by atoms with E-state index in [9.17, 15) is 0 Å². The van der Waals surface area contributed by atoms with Gasteiger partial charge in [-0.3, -0.25) is 4.98 Å². The maximum Gasteiger partial charge on any atom is 0.196 e. The van der Waals surface area contributed by atoms with Crippen LogP contribution in [-0.4, -0.2) is 56.2 Å². The predicted octanol–water partition coefficient (Wildman–Crippen LogP) is 3.61. The van der Waals surface area contributed by atoms with Gasteiger partial charge in [-0.1, -0.05) is 6.92 Å². The van der Waals surface area contributed by atoms with Crippen molar-refractivity contribution in [1.29, 1.82) is 0 Å². The monoisotopic (exact) mass is 471 g/mol. The van der Waals surface area contributed by atoms with E-state index in [2.05, 4.69) is 47.7 Å². The van der Waals surface area contributed by atoms with Crippen molar-refractivity contribution >= 4 is 55.7 Å². The zero-order valence-electron chi connectivity index (χ0n) is 15.7. The zero-order valence-corrected chi connectivity index (χ0v) is 18.1. The Hall–Kier alpha value is -2.30. The second-order valence-electron chi connectivity index (χ2n) is 6.60. The van der Waals surface area contributed by atoms with Crippen LogP contribution in [0.25, 0.3) is 22.2 Å². The molecular formula is C19H18BrN7OS. The summed E-state index contributed by atoms with van der Waals surface area (Å²) in [4.78, 5) is 29.3. The van der Waals surface area contributed by atoms with Gasteiger partial charge in [0.05, 0.1) is 23.1 Å². The fourth-order valence-corrected chi connectivity index (χ4v) is 4.86. The van der Waals surface area contributed by atoms with Crippen LogP contribution in [0.15, 0.2) is 39.2 Å². The largest absolute Gasteiger partial charge is 0.378 e. The highest BCUT2D eigenvalue weighted by atomic mass is 79.9. The number of hydrogen-bond donors (Lipinski definition) is 1. The SMILES string of the molecule is CCc1[nH]c2nc(Sc3cnc4nccnc4c3)nc(N3CCOCC3)c2c1Br. The van der Waals surface area contributed by atoms with Crippen LogP contribution in [0.1, 0.15) is 12.6 Å². The first-order chi connectivity index (χ1) is 14.2. The molecule has 0 radical (unpaired) electrons. The number of aromatic nitrogens is 6. The van der Waals surface area contributed by atoms with Crippen LogP contribution in [0.2, 0.25) is 0 Å². The number of ether oxygens (including phenoxy) is 1. The van der Waals surface area contributed by atoms with Crippen LogP contribution in [0.4, 0.5) is 5.82 Å². The summed E-state index contributed by atoms with van der Waals surface area (Å²) in [5.74, 6) is 0.928. The average molecular weight is 472 g/mol. The van der Waals surface area contributed by atoms with Gasteiger partial charge in [-0.15, -0.1) is 0 Å². The number of nitrogens with one attached hydrogen (secondary N) is 1. The predicted molar refractivity (Wildman–Crippen MR) is 115 cm³/mol. The minimum atomic E-state index is 0.628. The third kappa shape index (κ3) is 3.56. The van der Waals surface area contributed by atoms with E-state index in [4.69, 9.17) is 14.7 Å². The topological polar surface area (TPSA) is 92.7 Å². The molecule has 4 aromatic heterocycles. The van der Waals surface area contributed by atoms with Crippen LogP contribution in [0.3, 0.4) is 0 Å². The van der Waals surface area contributed by atoms with Gasteiger partial charge in [0.2, 0.25) is 0 Å². The highest BCUT2D eigenvalue weighted by molar-refractivity contribution is 9.10. The molecular weight excluding hydrogens is 454 g/mol. The van der Waals surface area contributed by atoms with Crippen LogP contribution in [0, 0.1) is 0 Å². The molecule has 5 rings (SSSR count). The number of fused-ring (bicyclic) bond motifs is 2. The fraction of sp³-hybridized carbons (Fsp3) is 0.316. The molecule has 0 unspecified atom stereocenters. The second kappa shape index (κ2) is 7.85. The molecule has 4 aromatic rings. The lowest BCUT2D eigenvalue weighted by Crippen LogP contribution is -2.37. The normalized spacial score (nSPS) is 14.8. The molecule has 29 heavy (non-hydrogen) atoms. The first-order valence-corrected chi connectivity index (χ1v) is 11.0. The second-order valence-corrected chi connectivity index (χ2v) is 8.43. The van der Waals surface area contributed by atoms with E-state index >= 15 is 0 Å². The highest BCUT2D eigenvalue weighted by Gasteiger charge is 2.22. The molecule has 1 aliphatic rings. The molecule has 0 aromatic carbocycles. The molecule has 148 valence electrons. The molecule has 1 fully saturated rings. The van der Waals surface area contributed by atoms with Crippen molar-refractivity contribution in [2.24, 2.45) is 0 Å². The summed E-state index contributed by atoms with van der Waals surface area (Å²) in [7, 11) is 0. The number of nitrogens with zero attached hydrogens (tertiary/aromatic N) is 6.